The molecule has 2 heterocycles. The minimum Gasteiger partial charge on any atom is -0.327 e. The topological polar surface area (TPSA) is 71.2 Å². The molecule has 26 heavy (non-hydrogen) atoms. The fourth-order valence-electron chi connectivity index (χ4n) is 3.36. The summed E-state index contributed by atoms with van der Waals surface area (Å²) in [7, 11) is 0. The largest absolute Gasteiger partial charge is 0.327 e. The number of rotatable bonds is 3. The van der Waals surface area contributed by atoms with Crippen molar-refractivity contribution in [2.75, 3.05) is 18.4 Å². The van der Waals surface area contributed by atoms with Gasteiger partial charge in [0.15, 0.2) is 0 Å². The molecule has 7 heteroatoms. The number of amides is 1. The minimum absolute atomic E-state index is 0. The van der Waals surface area contributed by atoms with E-state index >= 15 is 0 Å². The third kappa shape index (κ3) is 4.65. The van der Waals surface area contributed by atoms with Crippen molar-refractivity contribution >= 4 is 47.3 Å². The second-order valence-corrected chi connectivity index (χ2v) is 7.40. The number of pyridine rings is 1. The number of aromatic nitrogens is 1. The van der Waals surface area contributed by atoms with E-state index in [0.717, 1.165) is 36.1 Å². The lowest BCUT2D eigenvalue weighted by Crippen LogP contribution is -2.56. The third-order valence-corrected chi connectivity index (χ3v) is 5.17. The molecular weight excluding hydrogens is 371 g/mol. The average molecular weight is 399 g/mol. The van der Waals surface area contributed by atoms with E-state index < -0.39 is 0 Å². The molecule has 144 valence electrons. The number of carbonyl (C=O) groups is 1. The van der Waals surface area contributed by atoms with Gasteiger partial charge in [-0.1, -0.05) is 19.9 Å². The Balaban J connectivity index is 0.00000169. The molecule has 1 fully saturated rings. The number of piperidine rings is 1. The van der Waals surface area contributed by atoms with Gasteiger partial charge >= 0.3 is 0 Å². The molecule has 3 N–H and O–H groups in total. The first-order valence-corrected chi connectivity index (χ1v) is 8.53. The second kappa shape index (κ2) is 9.00. The lowest BCUT2D eigenvalue weighted by molar-refractivity contribution is -0.122. The molecule has 1 aromatic carbocycles. The highest BCUT2D eigenvalue weighted by Crippen LogP contribution is 2.29. The van der Waals surface area contributed by atoms with Crippen LogP contribution in [0.3, 0.4) is 0 Å². The summed E-state index contributed by atoms with van der Waals surface area (Å²) in [6, 6.07) is 9.64. The summed E-state index contributed by atoms with van der Waals surface area (Å²) in [6.45, 7) is 8.00. The van der Waals surface area contributed by atoms with Crippen molar-refractivity contribution in [3.8, 4) is 0 Å². The number of nitrogens with one attached hydrogen (secondary N) is 1. The Bertz CT molecular complexity index is 748. The van der Waals surface area contributed by atoms with Gasteiger partial charge in [-0.3, -0.25) is 14.7 Å². The van der Waals surface area contributed by atoms with Crippen molar-refractivity contribution in [1.82, 2.24) is 9.88 Å². The molecule has 5 nitrogen and oxygen atoms in total. The molecule has 1 aliphatic heterocycles. The Morgan fingerprint density at radius 3 is 2.73 bits per heavy atom. The SMILES string of the molecule is CC(C(=O)Nc1cccc2ncccc12)N1CCC(N)C(C)(C)C1.Cl.Cl. The zero-order valence-corrected chi connectivity index (χ0v) is 17.1. The molecular formula is C19H28Cl2N4O. The van der Waals surface area contributed by atoms with Crippen LogP contribution >= 0.6 is 24.8 Å². The van der Waals surface area contributed by atoms with E-state index in [-0.39, 0.29) is 48.2 Å². The molecule has 0 saturated carbocycles. The molecule has 0 bridgehead atoms. The van der Waals surface area contributed by atoms with E-state index in [1.54, 1.807) is 6.20 Å². The summed E-state index contributed by atoms with van der Waals surface area (Å²) in [5.41, 5.74) is 7.92. The van der Waals surface area contributed by atoms with Gasteiger partial charge in [-0.2, -0.15) is 0 Å². The van der Waals surface area contributed by atoms with Gasteiger partial charge in [0.2, 0.25) is 5.91 Å². The van der Waals surface area contributed by atoms with Gasteiger partial charge in [0.05, 0.1) is 17.2 Å². The maximum Gasteiger partial charge on any atom is 0.241 e. The van der Waals surface area contributed by atoms with E-state index in [1.165, 1.54) is 0 Å². The summed E-state index contributed by atoms with van der Waals surface area (Å²) < 4.78 is 0. The van der Waals surface area contributed by atoms with E-state index in [4.69, 9.17) is 5.73 Å². The molecule has 1 aliphatic rings. The molecule has 0 spiro atoms. The average Bonchev–Trinajstić information content (AvgIpc) is 2.57. The molecule has 2 atom stereocenters. The number of fused-ring (bicyclic) bond motifs is 1. The van der Waals surface area contributed by atoms with Crippen molar-refractivity contribution < 1.29 is 4.79 Å². The lowest BCUT2D eigenvalue weighted by Gasteiger charge is -2.44. The van der Waals surface area contributed by atoms with Gasteiger partial charge in [-0.05, 0) is 43.0 Å². The van der Waals surface area contributed by atoms with E-state index in [2.05, 4.69) is 29.0 Å². The predicted octanol–water partition coefficient (Wildman–Crippen LogP) is 3.46. The highest BCUT2D eigenvalue weighted by atomic mass is 35.5. The van der Waals surface area contributed by atoms with Crippen LogP contribution in [0.2, 0.25) is 0 Å². The number of benzene rings is 1. The Morgan fingerprint density at radius 2 is 2.04 bits per heavy atom. The van der Waals surface area contributed by atoms with Gasteiger partial charge in [0, 0.05) is 30.7 Å². The monoisotopic (exact) mass is 398 g/mol. The van der Waals surface area contributed by atoms with Crippen molar-refractivity contribution in [3.63, 3.8) is 0 Å². The first-order valence-electron chi connectivity index (χ1n) is 8.53. The smallest absolute Gasteiger partial charge is 0.241 e. The number of nitrogens with zero attached hydrogens (tertiary/aromatic N) is 2. The fourth-order valence-corrected chi connectivity index (χ4v) is 3.36. The number of carbonyl (C=O) groups excluding carboxylic acids is 1. The summed E-state index contributed by atoms with van der Waals surface area (Å²) in [5.74, 6) is 0.0117. The third-order valence-electron chi connectivity index (χ3n) is 5.17. The Hall–Kier alpha value is -1.40. The van der Waals surface area contributed by atoms with Crippen LogP contribution < -0.4 is 11.1 Å². The Morgan fingerprint density at radius 1 is 1.31 bits per heavy atom. The number of hydrogen-bond acceptors (Lipinski definition) is 4. The predicted molar refractivity (Wildman–Crippen MR) is 112 cm³/mol. The first-order chi connectivity index (χ1) is 11.4. The van der Waals surface area contributed by atoms with Crippen LogP contribution in [0.1, 0.15) is 27.2 Å². The van der Waals surface area contributed by atoms with Gasteiger partial charge in [0.1, 0.15) is 0 Å². The van der Waals surface area contributed by atoms with E-state index in [1.807, 2.05) is 37.3 Å². The van der Waals surface area contributed by atoms with Gasteiger partial charge in [0.25, 0.3) is 0 Å². The van der Waals surface area contributed by atoms with Crippen LogP contribution in [0.25, 0.3) is 10.9 Å². The van der Waals surface area contributed by atoms with Crippen LogP contribution in [-0.4, -0.2) is 41.0 Å². The number of halogens is 2. The van der Waals surface area contributed by atoms with Gasteiger partial charge in [-0.25, -0.2) is 0 Å². The molecule has 1 aromatic heterocycles. The van der Waals surface area contributed by atoms with Crippen LogP contribution in [0, 0.1) is 5.41 Å². The molecule has 0 aliphatic carbocycles. The molecule has 2 aromatic rings. The van der Waals surface area contributed by atoms with Crippen LogP contribution in [0.15, 0.2) is 36.5 Å². The second-order valence-electron chi connectivity index (χ2n) is 7.40. The van der Waals surface area contributed by atoms with Gasteiger partial charge in [-0.15, -0.1) is 24.8 Å². The standard InChI is InChI=1S/C19H26N4O.2ClH/c1-13(23-11-9-17(20)19(2,3)12-23)18(24)22-16-8-4-7-15-14(16)6-5-10-21-15;;/h4-8,10,13,17H,9,11-12,20H2,1-3H3,(H,22,24);2*1H. The number of nitrogens with two attached hydrogens (primary N) is 1. The normalized spacial score (nSPS) is 20.5. The summed E-state index contributed by atoms with van der Waals surface area (Å²) in [6.07, 6.45) is 2.68. The quantitative estimate of drug-likeness (QED) is 0.829. The van der Waals surface area contributed by atoms with Crippen molar-refractivity contribution in [1.29, 1.82) is 0 Å². The van der Waals surface area contributed by atoms with Crippen molar-refractivity contribution in [2.24, 2.45) is 11.1 Å². The van der Waals surface area contributed by atoms with E-state index in [9.17, 15) is 4.79 Å². The molecule has 2 unspecified atom stereocenters. The van der Waals surface area contributed by atoms with Gasteiger partial charge < -0.3 is 11.1 Å². The molecule has 1 amide bonds. The number of likely N-dealkylation sites (tertiary alicyclic amines) is 1. The maximum absolute atomic E-state index is 12.7. The summed E-state index contributed by atoms with van der Waals surface area (Å²) in [4.78, 5) is 19.3. The summed E-state index contributed by atoms with van der Waals surface area (Å²) >= 11 is 0. The molecule has 0 radical (unpaired) electrons. The zero-order chi connectivity index (χ0) is 17.3. The maximum atomic E-state index is 12.7. The van der Waals surface area contributed by atoms with Crippen molar-refractivity contribution in [3.05, 3.63) is 36.5 Å². The van der Waals surface area contributed by atoms with Crippen LogP contribution in [0.5, 0.6) is 0 Å². The molecule has 1 saturated heterocycles. The Labute approximate surface area is 167 Å². The zero-order valence-electron chi connectivity index (χ0n) is 15.4. The first kappa shape index (κ1) is 22.6. The molecule has 3 rings (SSSR count). The highest BCUT2D eigenvalue weighted by molar-refractivity contribution is 6.02. The fraction of sp³-hybridized carbons (Fsp3) is 0.474. The lowest BCUT2D eigenvalue weighted by atomic mass is 9.79. The van der Waals surface area contributed by atoms with Crippen LogP contribution in [0.4, 0.5) is 5.69 Å². The highest BCUT2D eigenvalue weighted by Gasteiger charge is 2.36. The van der Waals surface area contributed by atoms with E-state index in [0.29, 0.717) is 0 Å². The van der Waals surface area contributed by atoms with Crippen LogP contribution in [-0.2, 0) is 4.79 Å². The summed E-state index contributed by atoms with van der Waals surface area (Å²) in [5, 5.41) is 4.03. The number of hydrogen-bond donors (Lipinski definition) is 2. The Kier molecular flexibility index (Phi) is 7.84. The number of anilines is 1. The van der Waals surface area contributed by atoms with Crippen molar-refractivity contribution in [2.45, 2.75) is 39.3 Å². The minimum atomic E-state index is -0.191.